The van der Waals surface area contributed by atoms with E-state index in [1.54, 1.807) is 0 Å². The number of nitrogens with zero attached hydrogens (tertiary/aromatic N) is 2. The Kier molecular flexibility index (Phi) is 5.77. The number of hydrogen-bond acceptors (Lipinski definition) is 4. The number of piperidine rings is 1. The number of para-hydroxylation sites is 1. The van der Waals surface area contributed by atoms with E-state index in [0.717, 1.165) is 37.2 Å². The quantitative estimate of drug-likeness (QED) is 0.825. The third-order valence-electron chi connectivity index (χ3n) is 6.25. The molecule has 2 aromatic carbocycles. The summed E-state index contributed by atoms with van der Waals surface area (Å²) < 4.78 is 0. The fourth-order valence-corrected chi connectivity index (χ4v) is 4.62. The smallest absolute Gasteiger partial charge is 0.0685 e. The largest absolute Gasteiger partial charge is 0.392 e. The van der Waals surface area contributed by atoms with Gasteiger partial charge >= 0.3 is 0 Å². The highest BCUT2D eigenvalue weighted by molar-refractivity contribution is 5.58. The summed E-state index contributed by atoms with van der Waals surface area (Å²) in [4.78, 5) is 5.20. The van der Waals surface area contributed by atoms with Crippen molar-refractivity contribution in [3.63, 3.8) is 0 Å². The van der Waals surface area contributed by atoms with Gasteiger partial charge in [0.25, 0.3) is 0 Å². The van der Waals surface area contributed by atoms with Crippen molar-refractivity contribution in [3.8, 4) is 0 Å². The number of likely N-dealkylation sites (tertiary alicyclic amines) is 1. The molecule has 4 nitrogen and oxygen atoms in total. The SMILES string of the molecule is OCc1ccc(CCN2CCC(N3CCc4ccccc43)CC2)cc1CO. The summed E-state index contributed by atoms with van der Waals surface area (Å²) in [5.41, 5.74) is 5.88. The highest BCUT2D eigenvalue weighted by Gasteiger charge is 2.28. The van der Waals surface area contributed by atoms with Crippen LogP contribution in [-0.4, -0.2) is 47.3 Å². The van der Waals surface area contributed by atoms with Crippen molar-refractivity contribution in [1.82, 2.24) is 4.90 Å². The molecule has 2 heterocycles. The zero-order valence-corrected chi connectivity index (χ0v) is 16.0. The molecule has 1 fully saturated rings. The Bertz CT molecular complexity index is 769. The minimum absolute atomic E-state index is 0.00750. The summed E-state index contributed by atoms with van der Waals surface area (Å²) in [5, 5.41) is 18.8. The minimum Gasteiger partial charge on any atom is -0.392 e. The lowest BCUT2D eigenvalue weighted by atomic mass is 10.0. The Hall–Kier alpha value is -1.88. The van der Waals surface area contributed by atoms with Crippen molar-refractivity contribution >= 4 is 5.69 Å². The van der Waals surface area contributed by atoms with Crippen molar-refractivity contribution in [1.29, 1.82) is 0 Å². The van der Waals surface area contributed by atoms with Crippen LogP contribution in [0.4, 0.5) is 5.69 Å². The number of aliphatic hydroxyl groups is 2. The molecule has 2 aromatic rings. The fraction of sp³-hybridized carbons (Fsp3) is 0.478. The molecule has 1 saturated heterocycles. The maximum Gasteiger partial charge on any atom is 0.0685 e. The van der Waals surface area contributed by atoms with Crippen molar-refractivity contribution in [2.45, 2.75) is 44.9 Å². The highest BCUT2D eigenvalue weighted by Crippen LogP contribution is 2.32. The lowest BCUT2D eigenvalue weighted by Gasteiger charge is -2.38. The number of hydrogen-bond donors (Lipinski definition) is 2. The summed E-state index contributed by atoms with van der Waals surface area (Å²) in [6.07, 6.45) is 4.66. The first-order valence-electron chi connectivity index (χ1n) is 10.2. The summed E-state index contributed by atoms with van der Waals surface area (Å²) in [6.45, 7) is 4.53. The standard InChI is InChI=1S/C23H30N2O2/c26-16-20-6-5-18(15-21(20)17-27)7-11-24-12-9-22(10-13-24)25-14-8-19-3-1-2-4-23(19)25/h1-6,15,22,26-27H,7-14,16-17H2. The van der Waals surface area contributed by atoms with Crippen molar-refractivity contribution in [2.75, 3.05) is 31.1 Å². The van der Waals surface area contributed by atoms with Crippen LogP contribution in [0.15, 0.2) is 42.5 Å². The normalized spacial score (nSPS) is 18.1. The van der Waals surface area contributed by atoms with Gasteiger partial charge in [-0.1, -0.05) is 36.4 Å². The van der Waals surface area contributed by atoms with Gasteiger partial charge in [0.15, 0.2) is 0 Å². The molecular formula is C23H30N2O2. The topological polar surface area (TPSA) is 46.9 Å². The molecule has 0 bridgehead atoms. The number of fused-ring (bicyclic) bond motifs is 1. The predicted molar refractivity (Wildman–Crippen MR) is 109 cm³/mol. The molecule has 4 rings (SSSR count). The number of anilines is 1. The molecule has 2 aliphatic heterocycles. The summed E-state index contributed by atoms with van der Waals surface area (Å²) in [7, 11) is 0. The van der Waals surface area contributed by atoms with E-state index in [1.807, 2.05) is 12.1 Å². The van der Waals surface area contributed by atoms with E-state index in [0.29, 0.717) is 6.04 Å². The van der Waals surface area contributed by atoms with E-state index >= 15 is 0 Å². The molecule has 0 radical (unpaired) electrons. The second kappa shape index (κ2) is 8.42. The Morgan fingerprint density at radius 1 is 0.889 bits per heavy atom. The lowest BCUT2D eigenvalue weighted by Crippen LogP contribution is -2.45. The molecule has 0 spiro atoms. The summed E-state index contributed by atoms with van der Waals surface area (Å²) in [6, 6.07) is 15.6. The van der Waals surface area contributed by atoms with Crippen LogP contribution in [0, 0.1) is 0 Å². The molecule has 0 unspecified atom stereocenters. The average molecular weight is 367 g/mol. The molecule has 0 saturated carbocycles. The predicted octanol–water partition coefficient (Wildman–Crippen LogP) is 2.74. The van der Waals surface area contributed by atoms with Gasteiger partial charge in [0.05, 0.1) is 13.2 Å². The van der Waals surface area contributed by atoms with Gasteiger partial charge in [-0.05, 0) is 54.0 Å². The second-order valence-corrected chi connectivity index (χ2v) is 7.81. The number of benzene rings is 2. The summed E-state index contributed by atoms with van der Waals surface area (Å²) >= 11 is 0. The third kappa shape index (κ3) is 4.03. The van der Waals surface area contributed by atoms with Crippen LogP contribution in [0.2, 0.25) is 0 Å². The third-order valence-corrected chi connectivity index (χ3v) is 6.25. The number of rotatable bonds is 6. The van der Waals surface area contributed by atoms with E-state index in [9.17, 15) is 10.2 Å². The molecule has 0 aromatic heterocycles. The highest BCUT2D eigenvalue weighted by atomic mass is 16.3. The van der Waals surface area contributed by atoms with Gasteiger partial charge in [-0.3, -0.25) is 0 Å². The molecule has 4 heteroatoms. The first-order valence-corrected chi connectivity index (χ1v) is 10.2. The monoisotopic (exact) mass is 366 g/mol. The molecule has 27 heavy (non-hydrogen) atoms. The molecule has 0 amide bonds. The average Bonchev–Trinajstić information content (AvgIpc) is 3.16. The Morgan fingerprint density at radius 2 is 1.67 bits per heavy atom. The van der Waals surface area contributed by atoms with Crippen LogP contribution in [-0.2, 0) is 26.1 Å². The zero-order chi connectivity index (χ0) is 18.6. The van der Waals surface area contributed by atoms with Gasteiger partial charge in [0.1, 0.15) is 0 Å². The second-order valence-electron chi connectivity index (χ2n) is 7.81. The van der Waals surface area contributed by atoms with E-state index < -0.39 is 0 Å². The Balaban J connectivity index is 1.29. The van der Waals surface area contributed by atoms with Crippen LogP contribution in [0.3, 0.4) is 0 Å². The van der Waals surface area contributed by atoms with E-state index in [4.69, 9.17) is 0 Å². The van der Waals surface area contributed by atoms with Crippen molar-refractivity contribution in [2.24, 2.45) is 0 Å². The summed E-state index contributed by atoms with van der Waals surface area (Å²) in [5.74, 6) is 0. The number of aliphatic hydroxyl groups excluding tert-OH is 2. The zero-order valence-electron chi connectivity index (χ0n) is 16.0. The van der Waals surface area contributed by atoms with Crippen LogP contribution in [0.25, 0.3) is 0 Å². The molecule has 0 aliphatic carbocycles. The molecule has 144 valence electrons. The Labute approximate surface area is 162 Å². The fourth-order valence-electron chi connectivity index (χ4n) is 4.62. The van der Waals surface area contributed by atoms with Gasteiger partial charge < -0.3 is 20.0 Å². The van der Waals surface area contributed by atoms with Crippen molar-refractivity contribution in [3.05, 3.63) is 64.7 Å². The molecule has 2 N–H and O–H groups in total. The maximum atomic E-state index is 9.47. The van der Waals surface area contributed by atoms with Gasteiger partial charge in [-0.2, -0.15) is 0 Å². The van der Waals surface area contributed by atoms with Gasteiger partial charge in [-0.25, -0.2) is 0 Å². The van der Waals surface area contributed by atoms with Crippen LogP contribution in [0.5, 0.6) is 0 Å². The first-order chi connectivity index (χ1) is 13.3. The van der Waals surface area contributed by atoms with Crippen LogP contribution < -0.4 is 4.90 Å². The molecule has 2 aliphatic rings. The van der Waals surface area contributed by atoms with Crippen LogP contribution in [0.1, 0.15) is 35.1 Å². The maximum absolute atomic E-state index is 9.47. The van der Waals surface area contributed by atoms with Gasteiger partial charge in [0.2, 0.25) is 0 Å². The van der Waals surface area contributed by atoms with E-state index in [1.165, 1.54) is 42.6 Å². The van der Waals surface area contributed by atoms with Gasteiger partial charge in [-0.15, -0.1) is 0 Å². The van der Waals surface area contributed by atoms with Gasteiger partial charge in [0, 0.05) is 37.9 Å². The lowest BCUT2D eigenvalue weighted by molar-refractivity contribution is 0.212. The minimum atomic E-state index is -0.0106. The Morgan fingerprint density at radius 3 is 2.44 bits per heavy atom. The van der Waals surface area contributed by atoms with Crippen LogP contribution >= 0.6 is 0 Å². The van der Waals surface area contributed by atoms with E-state index in [-0.39, 0.29) is 13.2 Å². The molecule has 0 atom stereocenters. The first kappa shape index (κ1) is 18.5. The molecular weight excluding hydrogens is 336 g/mol. The van der Waals surface area contributed by atoms with Crippen molar-refractivity contribution < 1.29 is 10.2 Å². The van der Waals surface area contributed by atoms with E-state index in [2.05, 4.69) is 40.1 Å².